The van der Waals surface area contributed by atoms with Crippen molar-refractivity contribution in [3.05, 3.63) is 29.8 Å². The van der Waals surface area contributed by atoms with Crippen molar-refractivity contribution in [3.8, 4) is 5.75 Å². The number of hydrogen-bond acceptors (Lipinski definition) is 2. The quantitative estimate of drug-likeness (QED) is 0.742. The fraction of sp³-hybridized carbons (Fsp3) is 0.647. The summed E-state index contributed by atoms with van der Waals surface area (Å²) < 4.78 is 5.99. The van der Waals surface area contributed by atoms with Crippen LogP contribution in [-0.2, 0) is 0 Å². The van der Waals surface area contributed by atoms with E-state index >= 15 is 0 Å². The van der Waals surface area contributed by atoms with Crippen molar-refractivity contribution < 1.29 is 4.74 Å². The number of hydrogen-bond donors (Lipinski definition) is 1. The van der Waals surface area contributed by atoms with Gasteiger partial charge in [0.25, 0.3) is 0 Å². The van der Waals surface area contributed by atoms with Crippen LogP contribution in [0, 0.1) is 5.92 Å². The monoisotopic (exact) mass is 263 g/mol. The second-order valence-electron chi connectivity index (χ2n) is 5.81. The predicted octanol–water partition coefficient (Wildman–Crippen LogP) is 4.56. The highest BCUT2D eigenvalue weighted by Gasteiger charge is 2.09. The van der Waals surface area contributed by atoms with Gasteiger partial charge in [0.15, 0.2) is 0 Å². The molecule has 0 radical (unpaired) electrons. The lowest BCUT2D eigenvalue weighted by Crippen LogP contribution is -2.19. The molecule has 2 atom stereocenters. The highest BCUT2D eigenvalue weighted by molar-refractivity contribution is 5.30. The normalized spacial score (nSPS) is 14.4. The van der Waals surface area contributed by atoms with E-state index in [4.69, 9.17) is 4.74 Å². The van der Waals surface area contributed by atoms with Crippen LogP contribution in [0.3, 0.4) is 0 Å². The number of ether oxygens (including phenoxy) is 1. The van der Waals surface area contributed by atoms with E-state index in [0.717, 1.165) is 25.1 Å². The number of nitrogens with one attached hydrogen (secondary N) is 1. The van der Waals surface area contributed by atoms with E-state index < -0.39 is 0 Å². The maximum Gasteiger partial charge on any atom is 0.120 e. The van der Waals surface area contributed by atoms with Gasteiger partial charge in [-0.3, -0.25) is 0 Å². The summed E-state index contributed by atoms with van der Waals surface area (Å²) in [6.45, 7) is 12.0. The molecule has 0 saturated carbocycles. The zero-order valence-corrected chi connectivity index (χ0v) is 13.1. The van der Waals surface area contributed by atoms with Crippen LogP contribution in [0.15, 0.2) is 24.3 Å². The Labute approximate surface area is 118 Å². The Morgan fingerprint density at radius 1 is 1.16 bits per heavy atom. The van der Waals surface area contributed by atoms with E-state index in [1.807, 2.05) is 6.07 Å². The van der Waals surface area contributed by atoms with Crippen LogP contribution in [0.1, 0.15) is 59.1 Å². The van der Waals surface area contributed by atoms with Gasteiger partial charge in [0.2, 0.25) is 0 Å². The molecule has 0 aliphatic rings. The molecule has 0 aliphatic carbocycles. The molecule has 1 rings (SSSR count). The highest BCUT2D eigenvalue weighted by atomic mass is 16.5. The van der Waals surface area contributed by atoms with E-state index in [-0.39, 0.29) is 6.10 Å². The van der Waals surface area contributed by atoms with Crippen molar-refractivity contribution >= 4 is 0 Å². The molecule has 1 aromatic carbocycles. The molecule has 2 heteroatoms. The molecule has 2 unspecified atom stereocenters. The zero-order chi connectivity index (χ0) is 14.3. The molecule has 108 valence electrons. The molecule has 0 fully saturated rings. The van der Waals surface area contributed by atoms with Gasteiger partial charge >= 0.3 is 0 Å². The largest absolute Gasteiger partial charge is 0.491 e. The van der Waals surface area contributed by atoms with Crippen LogP contribution >= 0.6 is 0 Å². The fourth-order valence-electron chi connectivity index (χ4n) is 2.28. The van der Waals surface area contributed by atoms with Crippen molar-refractivity contribution in [2.24, 2.45) is 5.92 Å². The Morgan fingerprint density at radius 3 is 2.53 bits per heavy atom. The standard InChI is InChI=1S/C17H29NO/c1-6-10-18-15(5)16-8-7-9-17(12-16)19-14(4)11-13(2)3/h7-9,12-15,18H,6,10-11H2,1-5H3. The average molecular weight is 263 g/mol. The number of benzene rings is 1. The molecule has 19 heavy (non-hydrogen) atoms. The minimum atomic E-state index is 0.272. The van der Waals surface area contributed by atoms with Crippen molar-refractivity contribution in [2.75, 3.05) is 6.54 Å². The summed E-state index contributed by atoms with van der Waals surface area (Å²) in [5, 5.41) is 3.51. The molecule has 1 aromatic rings. The molecule has 2 nitrogen and oxygen atoms in total. The average Bonchev–Trinajstić information content (AvgIpc) is 2.35. The Hall–Kier alpha value is -1.02. The molecule has 0 saturated heterocycles. The molecule has 1 N–H and O–H groups in total. The summed E-state index contributed by atoms with van der Waals surface area (Å²) in [7, 11) is 0. The second-order valence-corrected chi connectivity index (χ2v) is 5.81. The van der Waals surface area contributed by atoms with Gasteiger partial charge in [-0.25, -0.2) is 0 Å². The van der Waals surface area contributed by atoms with Gasteiger partial charge in [-0.05, 0) is 56.8 Å². The molecule has 0 bridgehead atoms. The van der Waals surface area contributed by atoms with Gasteiger partial charge in [-0.15, -0.1) is 0 Å². The molecule has 0 heterocycles. The molecular weight excluding hydrogens is 234 g/mol. The number of rotatable bonds is 8. The Bertz CT molecular complexity index is 362. The summed E-state index contributed by atoms with van der Waals surface area (Å²) in [5.74, 6) is 1.65. The van der Waals surface area contributed by atoms with Gasteiger partial charge in [0, 0.05) is 6.04 Å². The minimum absolute atomic E-state index is 0.272. The van der Waals surface area contributed by atoms with Crippen molar-refractivity contribution in [2.45, 2.75) is 59.6 Å². The van der Waals surface area contributed by atoms with Gasteiger partial charge < -0.3 is 10.1 Å². The summed E-state index contributed by atoms with van der Waals surface area (Å²) >= 11 is 0. The van der Waals surface area contributed by atoms with Crippen LogP contribution in [0.5, 0.6) is 5.75 Å². The third kappa shape index (κ3) is 6.11. The first-order valence-corrected chi connectivity index (χ1v) is 7.53. The highest BCUT2D eigenvalue weighted by Crippen LogP contribution is 2.21. The summed E-state index contributed by atoms with van der Waals surface area (Å²) in [6, 6.07) is 8.82. The van der Waals surface area contributed by atoms with Crippen LogP contribution in [0.2, 0.25) is 0 Å². The van der Waals surface area contributed by atoms with E-state index in [2.05, 4.69) is 58.1 Å². The summed E-state index contributed by atoms with van der Waals surface area (Å²) in [4.78, 5) is 0. The topological polar surface area (TPSA) is 21.3 Å². The smallest absolute Gasteiger partial charge is 0.120 e. The van der Waals surface area contributed by atoms with Crippen molar-refractivity contribution in [1.82, 2.24) is 5.32 Å². The Morgan fingerprint density at radius 2 is 1.89 bits per heavy atom. The van der Waals surface area contributed by atoms with Gasteiger partial charge in [0.1, 0.15) is 5.75 Å². The summed E-state index contributed by atoms with van der Waals surface area (Å²) in [6.07, 6.45) is 2.52. The first-order chi connectivity index (χ1) is 9.02. The molecule has 0 amide bonds. The van der Waals surface area contributed by atoms with Crippen LogP contribution < -0.4 is 10.1 Å². The predicted molar refractivity (Wildman–Crippen MR) is 82.7 cm³/mol. The fourth-order valence-corrected chi connectivity index (χ4v) is 2.28. The third-order valence-corrected chi connectivity index (χ3v) is 3.20. The molecule has 0 aliphatic heterocycles. The maximum atomic E-state index is 5.99. The van der Waals surface area contributed by atoms with Crippen molar-refractivity contribution in [3.63, 3.8) is 0 Å². The Kier molecular flexibility index (Phi) is 6.93. The van der Waals surface area contributed by atoms with Gasteiger partial charge in [-0.1, -0.05) is 32.9 Å². The molecule has 0 aromatic heterocycles. The van der Waals surface area contributed by atoms with Gasteiger partial charge in [0.05, 0.1) is 6.10 Å². The lowest BCUT2D eigenvalue weighted by molar-refractivity contribution is 0.193. The lowest BCUT2D eigenvalue weighted by atomic mass is 10.1. The van der Waals surface area contributed by atoms with Crippen molar-refractivity contribution in [1.29, 1.82) is 0 Å². The summed E-state index contributed by atoms with van der Waals surface area (Å²) in [5.41, 5.74) is 1.29. The molecule has 0 spiro atoms. The van der Waals surface area contributed by atoms with Crippen LogP contribution in [0.25, 0.3) is 0 Å². The van der Waals surface area contributed by atoms with Crippen LogP contribution in [-0.4, -0.2) is 12.6 Å². The molecular formula is C17H29NO. The maximum absolute atomic E-state index is 5.99. The Balaban J connectivity index is 2.61. The third-order valence-electron chi connectivity index (χ3n) is 3.20. The SMILES string of the molecule is CCCNC(C)c1cccc(OC(C)CC(C)C)c1. The van der Waals surface area contributed by atoms with E-state index in [9.17, 15) is 0 Å². The van der Waals surface area contributed by atoms with Crippen LogP contribution in [0.4, 0.5) is 0 Å². The zero-order valence-electron chi connectivity index (χ0n) is 13.1. The van der Waals surface area contributed by atoms with E-state index in [1.165, 1.54) is 5.56 Å². The first kappa shape index (κ1) is 16.0. The second kappa shape index (κ2) is 8.21. The van der Waals surface area contributed by atoms with E-state index in [1.54, 1.807) is 0 Å². The first-order valence-electron chi connectivity index (χ1n) is 7.53. The minimum Gasteiger partial charge on any atom is -0.491 e. The van der Waals surface area contributed by atoms with Gasteiger partial charge in [-0.2, -0.15) is 0 Å². The van der Waals surface area contributed by atoms with E-state index in [0.29, 0.717) is 12.0 Å². The lowest BCUT2D eigenvalue weighted by Gasteiger charge is -2.19.